The quantitative estimate of drug-likeness (QED) is 0.680. The minimum Gasteiger partial charge on any atom is -0.408 e. The van der Waals surface area contributed by atoms with E-state index < -0.39 is 28.8 Å². The fourth-order valence-electron chi connectivity index (χ4n) is 1.47. The third-order valence-electron chi connectivity index (χ3n) is 2.43. The minimum atomic E-state index is -5.77. The third kappa shape index (κ3) is 2.32. The third-order valence-corrected chi connectivity index (χ3v) is 2.96. The summed E-state index contributed by atoms with van der Waals surface area (Å²) in [7, 11) is 0. The number of aromatic nitrogens is 1. The van der Waals surface area contributed by atoms with Crippen LogP contribution in [-0.2, 0) is 0 Å². The second kappa shape index (κ2) is 4.22. The van der Waals surface area contributed by atoms with Crippen LogP contribution in [0.5, 0.6) is 0 Å². The molecule has 0 aliphatic rings. The Morgan fingerprint density at radius 1 is 1.21 bits per heavy atom. The first-order chi connectivity index (χ1) is 8.63. The number of hydrogen-bond donors (Lipinski definition) is 1. The molecule has 0 amide bonds. The Morgan fingerprint density at radius 3 is 2.42 bits per heavy atom. The molecule has 1 atom stereocenters. The molecule has 0 saturated heterocycles. The molecule has 3 nitrogen and oxygen atoms in total. The van der Waals surface area contributed by atoms with Crippen molar-refractivity contribution in [1.29, 1.82) is 0 Å². The van der Waals surface area contributed by atoms with E-state index in [1.165, 1.54) is 0 Å². The van der Waals surface area contributed by atoms with Gasteiger partial charge in [-0.05, 0) is 17.7 Å². The number of rotatable bonds is 2. The Labute approximate surface area is 107 Å². The van der Waals surface area contributed by atoms with Crippen LogP contribution >= 0.6 is 11.6 Å². The number of hydrogen-bond acceptors (Lipinski definition) is 2. The molecule has 1 heterocycles. The van der Waals surface area contributed by atoms with Gasteiger partial charge in [-0.3, -0.25) is 4.98 Å². The molecule has 0 radical (unpaired) electrons. The van der Waals surface area contributed by atoms with Gasteiger partial charge in [-0.1, -0.05) is 6.07 Å². The fraction of sp³-hybridized carbons (Fsp3) is 0.300. The Balaban J connectivity index is 2.46. The van der Waals surface area contributed by atoms with Gasteiger partial charge in [0.15, 0.2) is 5.58 Å². The maximum Gasteiger partial charge on any atom is 0.455 e. The lowest BCUT2D eigenvalue weighted by molar-refractivity contribution is -0.283. The number of nitrogens with one attached hydrogen (secondary N) is 1. The molecule has 1 aromatic heterocycles. The van der Waals surface area contributed by atoms with Gasteiger partial charge in [-0.25, -0.2) is 4.79 Å². The molecule has 9 heteroatoms. The minimum absolute atomic E-state index is 0.147. The second-order valence-corrected chi connectivity index (χ2v) is 4.19. The molecule has 0 aliphatic carbocycles. The van der Waals surface area contributed by atoms with Gasteiger partial charge in [-0.2, -0.15) is 22.0 Å². The zero-order chi connectivity index (χ0) is 14.4. The van der Waals surface area contributed by atoms with Crippen molar-refractivity contribution in [3.8, 4) is 0 Å². The highest BCUT2D eigenvalue weighted by Crippen LogP contribution is 2.48. The van der Waals surface area contributed by atoms with E-state index in [1.54, 1.807) is 0 Å². The summed E-state index contributed by atoms with van der Waals surface area (Å²) in [6.07, 6.45) is -5.77. The second-order valence-electron chi connectivity index (χ2n) is 3.75. The highest BCUT2D eigenvalue weighted by atomic mass is 35.5. The SMILES string of the molecule is O=c1[nH]c2ccc(C(Cl)C(F)(F)C(F)(F)F)cc2o1. The molecule has 1 unspecified atom stereocenters. The molecule has 0 bridgehead atoms. The summed E-state index contributed by atoms with van der Waals surface area (Å²) in [5.41, 5.74) is -0.474. The average Bonchev–Trinajstić information content (AvgIpc) is 2.65. The highest BCUT2D eigenvalue weighted by molar-refractivity contribution is 6.21. The average molecular weight is 302 g/mol. The van der Waals surface area contributed by atoms with Crippen molar-refractivity contribution >= 4 is 22.7 Å². The summed E-state index contributed by atoms with van der Waals surface area (Å²) in [5, 5.41) is -2.61. The van der Waals surface area contributed by atoms with E-state index in [4.69, 9.17) is 11.6 Å². The van der Waals surface area contributed by atoms with Crippen molar-refractivity contribution in [2.24, 2.45) is 0 Å². The first-order valence-electron chi connectivity index (χ1n) is 4.84. The van der Waals surface area contributed by atoms with Crippen LogP contribution < -0.4 is 5.76 Å². The molecule has 0 spiro atoms. The van der Waals surface area contributed by atoms with E-state index in [2.05, 4.69) is 9.40 Å². The molecule has 2 aromatic rings. The number of alkyl halides is 6. The highest BCUT2D eigenvalue weighted by Gasteiger charge is 2.62. The number of H-pyrrole nitrogens is 1. The zero-order valence-electron chi connectivity index (χ0n) is 8.89. The van der Waals surface area contributed by atoms with Crippen molar-refractivity contribution in [2.45, 2.75) is 17.5 Å². The Kier molecular flexibility index (Phi) is 3.08. The summed E-state index contributed by atoms with van der Waals surface area (Å²) >= 11 is 5.19. The molecule has 0 fully saturated rings. The lowest BCUT2D eigenvalue weighted by atomic mass is 10.1. The fourth-order valence-corrected chi connectivity index (χ4v) is 1.73. The molecule has 0 saturated carbocycles. The zero-order valence-corrected chi connectivity index (χ0v) is 9.65. The summed E-state index contributed by atoms with van der Waals surface area (Å²) in [6.45, 7) is 0. The van der Waals surface area contributed by atoms with Gasteiger partial charge >= 0.3 is 17.9 Å². The predicted octanol–water partition coefficient (Wildman–Crippen LogP) is 3.60. The van der Waals surface area contributed by atoms with Crippen molar-refractivity contribution in [1.82, 2.24) is 4.98 Å². The van der Waals surface area contributed by atoms with E-state index in [0.717, 1.165) is 18.2 Å². The number of aromatic amines is 1. The lowest BCUT2D eigenvalue weighted by Gasteiger charge is -2.24. The van der Waals surface area contributed by atoms with E-state index in [9.17, 15) is 26.7 Å². The summed E-state index contributed by atoms with van der Waals surface area (Å²) in [5.74, 6) is -5.94. The van der Waals surface area contributed by atoms with Crippen molar-refractivity contribution in [3.05, 3.63) is 34.3 Å². The van der Waals surface area contributed by atoms with Gasteiger partial charge < -0.3 is 4.42 Å². The van der Waals surface area contributed by atoms with Crippen LogP contribution in [0, 0.1) is 0 Å². The van der Waals surface area contributed by atoms with Crippen molar-refractivity contribution in [3.63, 3.8) is 0 Å². The Hall–Kier alpha value is -1.57. The van der Waals surface area contributed by atoms with Gasteiger partial charge in [0.05, 0.1) is 5.52 Å². The number of oxazole rings is 1. The van der Waals surface area contributed by atoms with Gasteiger partial charge in [0, 0.05) is 0 Å². The molecule has 1 N–H and O–H groups in total. The normalized spacial score (nSPS) is 14.8. The van der Waals surface area contributed by atoms with Gasteiger partial charge in [0.25, 0.3) is 0 Å². The Bertz CT molecular complexity index is 660. The van der Waals surface area contributed by atoms with Crippen LogP contribution in [0.25, 0.3) is 11.1 Å². The standard InChI is InChI=1S/C10H5ClF5NO2/c11-7(9(12,13)10(14,15)16)4-1-2-5-6(3-4)19-8(18)17-5/h1-3,7H,(H,17,18). The van der Waals surface area contributed by atoms with E-state index >= 15 is 0 Å². The van der Waals surface area contributed by atoms with Crippen molar-refractivity contribution < 1.29 is 26.4 Å². The number of benzene rings is 1. The molecule has 19 heavy (non-hydrogen) atoms. The summed E-state index contributed by atoms with van der Waals surface area (Å²) in [4.78, 5) is 13.1. The van der Waals surface area contributed by atoms with E-state index in [-0.39, 0.29) is 11.1 Å². The number of fused-ring (bicyclic) bond motifs is 1. The van der Waals surface area contributed by atoms with Crippen LogP contribution in [0.1, 0.15) is 10.9 Å². The maximum atomic E-state index is 13.1. The van der Waals surface area contributed by atoms with Gasteiger partial charge in [0.1, 0.15) is 5.38 Å². The predicted molar refractivity (Wildman–Crippen MR) is 56.4 cm³/mol. The molecule has 2 rings (SSSR count). The first kappa shape index (κ1) is 13.9. The summed E-state index contributed by atoms with van der Waals surface area (Å²) in [6, 6.07) is 2.97. The summed E-state index contributed by atoms with van der Waals surface area (Å²) < 4.78 is 67.2. The van der Waals surface area contributed by atoms with Crippen LogP contribution in [0.3, 0.4) is 0 Å². The molecule has 1 aromatic carbocycles. The van der Waals surface area contributed by atoms with Gasteiger partial charge in [0.2, 0.25) is 0 Å². The smallest absolute Gasteiger partial charge is 0.408 e. The van der Waals surface area contributed by atoms with Crippen LogP contribution in [0.4, 0.5) is 22.0 Å². The van der Waals surface area contributed by atoms with Crippen LogP contribution in [-0.4, -0.2) is 17.1 Å². The molecular weight excluding hydrogens is 297 g/mol. The molecule has 104 valence electrons. The first-order valence-corrected chi connectivity index (χ1v) is 5.28. The number of halogens is 6. The van der Waals surface area contributed by atoms with E-state index in [1.807, 2.05) is 0 Å². The largest absolute Gasteiger partial charge is 0.455 e. The van der Waals surface area contributed by atoms with Crippen LogP contribution in [0.15, 0.2) is 27.4 Å². The monoisotopic (exact) mass is 301 g/mol. The van der Waals surface area contributed by atoms with Gasteiger partial charge in [-0.15, -0.1) is 11.6 Å². The lowest BCUT2D eigenvalue weighted by Crippen LogP contribution is -2.40. The maximum absolute atomic E-state index is 13.1. The van der Waals surface area contributed by atoms with Crippen LogP contribution in [0.2, 0.25) is 0 Å². The van der Waals surface area contributed by atoms with Crippen molar-refractivity contribution in [2.75, 3.05) is 0 Å². The topological polar surface area (TPSA) is 46.0 Å². The van der Waals surface area contributed by atoms with E-state index in [0.29, 0.717) is 0 Å². The molecule has 0 aliphatic heterocycles. The Morgan fingerprint density at radius 2 is 1.84 bits per heavy atom. The molecular formula is C10H5ClF5NO2.